The van der Waals surface area contributed by atoms with Crippen molar-refractivity contribution < 1.29 is 14.6 Å². The van der Waals surface area contributed by atoms with Crippen LogP contribution in [0.3, 0.4) is 0 Å². The molecule has 1 fully saturated rings. The molecule has 0 unspecified atom stereocenters. The van der Waals surface area contributed by atoms with Crippen LogP contribution in [0, 0.1) is 6.92 Å². The van der Waals surface area contributed by atoms with E-state index in [1.165, 1.54) is 0 Å². The number of halogens is 1. The SMILES string of the molecule is Cc1c(Cl)nc(CO)nc1N1CCC(Oc2ccc3c(c2)CCCC3=O)CC1. The fraction of sp³-hybridized carbons (Fsp3) is 0.476. The van der Waals surface area contributed by atoms with E-state index in [1.807, 2.05) is 25.1 Å². The number of aliphatic hydroxyl groups excluding tert-OH is 1. The summed E-state index contributed by atoms with van der Waals surface area (Å²) in [4.78, 5) is 22.7. The third-order valence-corrected chi connectivity index (χ3v) is 5.89. The highest BCUT2D eigenvalue weighted by atomic mass is 35.5. The minimum absolute atomic E-state index is 0.128. The fourth-order valence-electron chi connectivity index (χ4n) is 3.97. The van der Waals surface area contributed by atoms with Crippen LogP contribution in [0.1, 0.15) is 53.0 Å². The number of hydrogen-bond acceptors (Lipinski definition) is 6. The molecule has 0 spiro atoms. The number of aliphatic hydroxyl groups is 1. The lowest BCUT2D eigenvalue weighted by molar-refractivity contribution is 0.0972. The Labute approximate surface area is 169 Å². The number of Topliss-reactive ketones (excluding diaryl/α,β-unsaturated/α-hetero) is 1. The van der Waals surface area contributed by atoms with Crippen LogP contribution >= 0.6 is 11.6 Å². The van der Waals surface area contributed by atoms with E-state index in [0.717, 1.165) is 67.0 Å². The van der Waals surface area contributed by atoms with Crippen molar-refractivity contribution in [3.63, 3.8) is 0 Å². The van der Waals surface area contributed by atoms with E-state index in [-0.39, 0.29) is 18.5 Å². The average molecular weight is 402 g/mol. The first-order chi connectivity index (χ1) is 13.5. The number of piperidine rings is 1. The Morgan fingerprint density at radius 3 is 2.79 bits per heavy atom. The van der Waals surface area contributed by atoms with Gasteiger partial charge in [0.15, 0.2) is 11.6 Å². The average Bonchev–Trinajstić information content (AvgIpc) is 2.71. The molecular weight excluding hydrogens is 378 g/mol. The molecule has 1 aromatic carbocycles. The molecule has 0 atom stereocenters. The quantitative estimate of drug-likeness (QED) is 0.790. The number of anilines is 1. The van der Waals surface area contributed by atoms with Gasteiger partial charge in [-0.25, -0.2) is 9.97 Å². The van der Waals surface area contributed by atoms with E-state index in [9.17, 15) is 9.90 Å². The van der Waals surface area contributed by atoms with Gasteiger partial charge in [-0.05, 0) is 43.5 Å². The van der Waals surface area contributed by atoms with E-state index in [4.69, 9.17) is 16.3 Å². The summed E-state index contributed by atoms with van der Waals surface area (Å²) in [6, 6.07) is 5.85. The summed E-state index contributed by atoms with van der Waals surface area (Å²) in [6.45, 7) is 3.27. The first-order valence-electron chi connectivity index (χ1n) is 9.76. The zero-order valence-electron chi connectivity index (χ0n) is 15.9. The number of aromatic nitrogens is 2. The first-order valence-corrected chi connectivity index (χ1v) is 10.1. The Kier molecular flexibility index (Phi) is 5.51. The topological polar surface area (TPSA) is 75.6 Å². The van der Waals surface area contributed by atoms with Crippen LogP contribution in [0.4, 0.5) is 5.82 Å². The molecule has 0 amide bonds. The van der Waals surface area contributed by atoms with E-state index < -0.39 is 0 Å². The molecule has 1 saturated heterocycles. The Morgan fingerprint density at radius 1 is 1.25 bits per heavy atom. The monoisotopic (exact) mass is 401 g/mol. The summed E-state index contributed by atoms with van der Waals surface area (Å²) in [6.07, 6.45) is 4.37. The van der Waals surface area contributed by atoms with Crippen LogP contribution in [-0.4, -0.2) is 40.1 Å². The smallest absolute Gasteiger partial charge is 0.163 e. The van der Waals surface area contributed by atoms with Crippen molar-refractivity contribution in [2.24, 2.45) is 0 Å². The molecule has 1 aliphatic heterocycles. The number of fused-ring (bicyclic) bond motifs is 1. The molecule has 0 bridgehead atoms. The van der Waals surface area contributed by atoms with Crippen LogP contribution in [0.5, 0.6) is 5.75 Å². The van der Waals surface area contributed by atoms with Gasteiger partial charge in [-0.2, -0.15) is 0 Å². The van der Waals surface area contributed by atoms with Crippen molar-refractivity contribution in [2.75, 3.05) is 18.0 Å². The first kappa shape index (κ1) is 19.2. The fourth-order valence-corrected chi connectivity index (χ4v) is 4.16. The van der Waals surface area contributed by atoms with Crippen molar-refractivity contribution in [3.8, 4) is 5.75 Å². The number of ether oxygens (including phenoxy) is 1. The molecule has 1 aliphatic carbocycles. The van der Waals surface area contributed by atoms with Crippen molar-refractivity contribution in [1.29, 1.82) is 0 Å². The van der Waals surface area contributed by atoms with Gasteiger partial charge in [-0.15, -0.1) is 0 Å². The Morgan fingerprint density at radius 2 is 2.04 bits per heavy atom. The van der Waals surface area contributed by atoms with Crippen LogP contribution < -0.4 is 9.64 Å². The molecular formula is C21H24ClN3O3. The molecule has 1 N–H and O–H groups in total. The molecule has 28 heavy (non-hydrogen) atoms. The molecule has 0 saturated carbocycles. The summed E-state index contributed by atoms with van der Waals surface area (Å²) in [7, 11) is 0. The summed E-state index contributed by atoms with van der Waals surface area (Å²) >= 11 is 6.18. The van der Waals surface area contributed by atoms with Crippen molar-refractivity contribution >= 4 is 23.2 Å². The van der Waals surface area contributed by atoms with Gasteiger partial charge in [0.25, 0.3) is 0 Å². The van der Waals surface area contributed by atoms with Crippen molar-refractivity contribution in [1.82, 2.24) is 9.97 Å². The van der Waals surface area contributed by atoms with Crippen LogP contribution in [0.15, 0.2) is 18.2 Å². The van der Waals surface area contributed by atoms with Gasteiger partial charge in [-0.3, -0.25) is 4.79 Å². The zero-order valence-corrected chi connectivity index (χ0v) is 16.7. The number of carbonyl (C=O) groups excluding carboxylic acids is 1. The second-order valence-corrected chi connectivity index (χ2v) is 7.80. The number of benzene rings is 1. The third kappa shape index (κ3) is 3.84. The molecule has 2 aliphatic rings. The molecule has 2 aromatic rings. The molecule has 1 aromatic heterocycles. The van der Waals surface area contributed by atoms with Crippen molar-refractivity contribution in [3.05, 3.63) is 45.9 Å². The van der Waals surface area contributed by atoms with Crippen molar-refractivity contribution in [2.45, 2.75) is 51.7 Å². The molecule has 0 radical (unpaired) electrons. The van der Waals surface area contributed by atoms with E-state index in [0.29, 0.717) is 17.4 Å². The van der Waals surface area contributed by atoms with Gasteiger partial charge in [0.2, 0.25) is 0 Å². The highest BCUT2D eigenvalue weighted by molar-refractivity contribution is 6.30. The van der Waals surface area contributed by atoms with Gasteiger partial charge in [0.05, 0.1) is 0 Å². The highest BCUT2D eigenvalue weighted by Gasteiger charge is 2.25. The second-order valence-electron chi connectivity index (χ2n) is 7.44. The Hall–Kier alpha value is -2.18. The van der Waals surface area contributed by atoms with E-state index in [1.54, 1.807) is 0 Å². The predicted octanol–water partition coefficient (Wildman–Crippen LogP) is 3.50. The number of rotatable bonds is 4. The Balaban J connectivity index is 1.41. The molecule has 2 heterocycles. The van der Waals surface area contributed by atoms with Crippen LogP contribution in [0.2, 0.25) is 5.15 Å². The number of ketones is 1. The Bertz CT molecular complexity index is 895. The van der Waals surface area contributed by atoms with Gasteiger partial charge in [-0.1, -0.05) is 11.6 Å². The van der Waals surface area contributed by atoms with Gasteiger partial charge < -0.3 is 14.7 Å². The number of aryl methyl sites for hydroxylation is 1. The maximum atomic E-state index is 12.0. The standard InChI is InChI=1S/C21H24ClN3O3/c1-13-20(22)23-19(12-26)24-21(13)25-9-7-15(8-10-25)28-16-5-6-17-14(11-16)3-2-4-18(17)27/h5-6,11,15,26H,2-4,7-10,12H2,1H3. The van der Waals surface area contributed by atoms with Gasteiger partial charge >= 0.3 is 0 Å². The lowest BCUT2D eigenvalue weighted by Gasteiger charge is -2.34. The summed E-state index contributed by atoms with van der Waals surface area (Å²) in [5, 5.41) is 9.72. The maximum Gasteiger partial charge on any atom is 0.163 e. The molecule has 6 nitrogen and oxygen atoms in total. The summed E-state index contributed by atoms with van der Waals surface area (Å²) in [5.41, 5.74) is 2.79. The minimum Gasteiger partial charge on any atom is -0.490 e. The predicted molar refractivity (Wildman–Crippen MR) is 107 cm³/mol. The number of nitrogens with zero attached hydrogens (tertiary/aromatic N) is 3. The molecule has 7 heteroatoms. The molecule has 148 valence electrons. The second kappa shape index (κ2) is 8.05. The van der Waals surface area contributed by atoms with E-state index in [2.05, 4.69) is 14.9 Å². The minimum atomic E-state index is -0.229. The molecule has 4 rings (SSSR count). The lowest BCUT2D eigenvalue weighted by Crippen LogP contribution is -2.39. The summed E-state index contributed by atoms with van der Waals surface area (Å²) in [5.74, 6) is 2.21. The lowest BCUT2D eigenvalue weighted by atomic mass is 9.90. The maximum absolute atomic E-state index is 12.0. The van der Waals surface area contributed by atoms with E-state index >= 15 is 0 Å². The normalized spacial score (nSPS) is 17.5. The van der Waals surface area contributed by atoms with Gasteiger partial charge in [0.1, 0.15) is 29.4 Å². The number of carbonyl (C=O) groups is 1. The van der Waals surface area contributed by atoms with Crippen LogP contribution in [-0.2, 0) is 13.0 Å². The van der Waals surface area contributed by atoms with Crippen LogP contribution in [0.25, 0.3) is 0 Å². The zero-order chi connectivity index (χ0) is 19.7. The largest absolute Gasteiger partial charge is 0.490 e. The highest BCUT2D eigenvalue weighted by Crippen LogP contribution is 2.29. The number of hydrogen-bond donors (Lipinski definition) is 1. The summed E-state index contributed by atoms with van der Waals surface area (Å²) < 4.78 is 6.20. The van der Waals surface area contributed by atoms with Gasteiger partial charge in [0, 0.05) is 43.5 Å². The third-order valence-electron chi connectivity index (χ3n) is 5.52.